The number of allylic oxidation sites excluding steroid dienone is 4. The number of hydrogen-bond donors (Lipinski definition) is 0. The van der Waals surface area contributed by atoms with Crippen molar-refractivity contribution in [2.75, 3.05) is 0 Å². The lowest BCUT2D eigenvalue weighted by Crippen LogP contribution is -2.31. The van der Waals surface area contributed by atoms with Crippen molar-refractivity contribution in [1.82, 2.24) is 0 Å². The van der Waals surface area contributed by atoms with Gasteiger partial charge in [-0.2, -0.15) is 0 Å². The van der Waals surface area contributed by atoms with Gasteiger partial charge < -0.3 is 0 Å². The van der Waals surface area contributed by atoms with E-state index in [2.05, 4.69) is 47.7 Å². The smallest absolute Gasteiger partial charge is 0.0815 e. The molecule has 0 aromatic rings. The maximum Gasteiger partial charge on any atom is 0.175 e. The van der Waals surface area contributed by atoms with Crippen LogP contribution in [0.2, 0.25) is 25.7 Å². The second-order valence-corrected chi connectivity index (χ2v) is 12.0. The number of hydrogen-bond acceptors (Lipinski definition) is 0. The van der Waals surface area contributed by atoms with Gasteiger partial charge in [-0.1, -0.05) is 107 Å². The third kappa shape index (κ3) is 3.99. The van der Waals surface area contributed by atoms with Crippen LogP contribution >= 0.6 is 0 Å². The van der Waals surface area contributed by atoms with Crippen molar-refractivity contribution in [3.63, 3.8) is 0 Å². The van der Waals surface area contributed by atoms with Crippen LogP contribution in [-0.4, -0.2) is 14.8 Å². The molecule has 0 unspecified atom stereocenters. The molecule has 0 aromatic carbocycles. The monoisotopic (exact) mass is 318 g/mol. The first-order valence-corrected chi connectivity index (χ1v) is 13.0. The van der Waals surface area contributed by atoms with Gasteiger partial charge in [0.1, 0.15) is 8.07 Å². The second kappa shape index (κ2) is 9.15. The van der Waals surface area contributed by atoms with Crippen molar-refractivity contribution in [2.45, 2.75) is 105 Å². The summed E-state index contributed by atoms with van der Waals surface area (Å²) in [7, 11) is -1.36. The fraction of sp³-hybridized carbons (Fsp3) is 0.800. The minimum absolute atomic E-state index is 0.813. The Balaban J connectivity index is 3.34. The third-order valence-electron chi connectivity index (χ3n) is 5.83. The molecule has 0 N–H and O–H groups in total. The number of unbranched alkanes of at least 4 members (excludes halogenated alkanes) is 2. The van der Waals surface area contributed by atoms with Crippen LogP contribution in [0.25, 0.3) is 0 Å². The average Bonchev–Trinajstić information content (AvgIpc) is 2.71. The summed E-state index contributed by atoms with van der Waals surface area (Å²) in [6, 6.07) is 0. The van der Waals surface area contributed by atoms with Crippen molar-refractivity contribution in [2.24, 2.45) is 0 Å². The molecule has 0 nitrogen and oxygen atoms in total. The fourth-order valence-corrected chi connectivity index (χ4v) is 8.51. The topological polar surface area (TPSA) is 0 Å². The highest BCUT2D eigenvalue weighted by Gasteiger charge is 2.41. The average molecular weight is 318 g/mol. The normalized spacial score (nSPS) is 17.6. The Hall–Kier alpha value is -0.238. The van der Waals surface area contributed by atoms with Crippen molar-refractivity contribution < 1.29 is 0 Å². The quantitative estimate of drug-likeness (QED) is 0.372. The van der Waals surface area contributed by atoms with Gasteiger partial charge in [0.15, 0.2) is 6.71 Å². The third-order valence-corrected chi connectivity index (χ3v) is 9.92. The molecule has 0 aromatic heterocycles. The zero-order chi connectivity index (χ0) is 16.8. The highest BCUT2D eigenvalue weighted by molar-refractivity contribution is 6.94. The van der Waals surface area contributed by atoms with Gasteiger partial charge in [-0.25, -0.2) is 0 Å². The Morgan fingerprint density at radius 2 is 1.27 bits per heavy atom. The van der Waals surface area contributed by atoms with E-state index in [0.717, 1.165) is 6.71 Å². The van der Waals surface area contributed by atoms with Gasteiger partial charge >= 0.3 is 0 Å². The standard InChI is InChI=1S/C20H39BSi/c1-8-13-15-18-17(10-3)20(21(11-4)12-5)19(16-14-9-2)22(18,6)7/h8-16H2,1-7H3. The van der Waals surface area contributed by atoms with E-state index in [0.29, 0.717) is 0 Å². The van der Waals surface area contributed by atoms with Crippen LogP contribution < -0.4 is 0 Å². The van der Waals surface area contributed by atoms with Crippen LogP contribution in [0.15, 0.2) is 21.4 Å². The molecular formula is C20H39BSi. The molecule has 1 aliphatic rings. The molecule has 1 rings (SSSR count). The Labute approximate surface area is 141 Å². The Morgan fingerprint density at radius 1 is 0.773 bits per heavy atom. The summed E-state index contributed by atoms with van der Waals surface area (Å²) < 4.78 is 0. The van der Waals surface area contributed by atoms with Crippen LogP contribution in [0.5, 0.6) is 0 Å². The summed E-state index contributed by atoms with van der Waals surface area (Å²) in [6.07, 6.45) is 12.1. The molecule has 0 bridgehead atoms. The van der Waals surface area contributed by atoms with Crippen molar-refractivity contribution in [3.05, 3.63) is 21.4 Å². The van der Waals surface area contributed by atoms with E-state index < -0.39 is 8.07 Å². The minimum atomic E-state index is -1.36. The molecule has 0 aliphatic carbocycles. The van der Waals surface area contributed by atoms with Gasteiger partial charge in [-0.15, -0.1) is 0 Å². The molecule has 2 heteroatoms. The predicted octanol–water partition coefficient (Wildman–Crippen LogP) is 7.24. The van der Waals surface area contributed by atoms with E-state index in [1.54, 1.807) is 0 Å². The molecule has 0 fully saturated rings. The fourth-order valence-electron chi connectivity index (χ4n) is 4.45. The molecule has 126 valence electrons. The molecule has 0 radical (unpaired) electrons. The largest absolute Gasteiger partial charge is 0.175 e. The number of rotatable bonds is 10. The van der Waals surface area contributed by atoms with Crippen LogP contribution in [-0.2, 0) is 0 Å². The minimum Gasteiger partial charge on any atom is -0.0815 e. The molecule has 0 amide bonds. The Kier molecular flexibility index (Phi) is 8.24. The second-order valence-electron chi connectivity index (χ2n) is 7.55. The molecule has 0 spiro atoms. The molecule has 0 saturated heterocycles. The van der Waals surface area contributed by atoms with Gasteiger partial charge in [0.05, 0.1) is 0 Å². The maximum absolute atomic E-state index is 2.65. The van der Waals surface area contributed by atoms with Crippen LogP contribution in [0, 0.1) is 0 Å². The maximum atomic E-state index is 2.65. The molecule has 0 saturated carbocycles. The van der Waals surface area contributed by atoms with Crippen molar-refractivity contribution >= 4 is 14.8 Å². The lowest BCUT2D eigenvalue weighted by molar-refractivity contribution is 0.794. The Morgan fingerprint density at radius 3 is 1.68 bits per heavy atom. The molecule has 0 atom stereocenters. The van der Waals surface area contributed by atoms with E-state index in [9.17, 15) is 0 Å². The van der Waals surface area contributed by atoms with Crippen molar-refractivity contribution in [1.29, 1.82) is 0 Å². The highest BCUT2D eigenvalue weighted by Crippen LogP contribution is 2.46. The van der Waals surface area contributed by atoms with Crippen LogP contribution in [0.1, 0.15) is 79.6 Å². The van der Waals surface area contributed by atoms with E-state index in [1.165, 1.54) is 57.6 Å². The summed E-state index contributed by atoms with van der Waals surface area (Å²) >= 11 is 0. The SMILES string of the molecule is CCCCC1=C(CC)C(B(CC)CC)=C(CCCC)[Si]1(C)C. The van der Waals surface area contributed by atoms with E-state index in [-0.39, 0.29) is 0 Å². The van der Waals surface area contributed by atoms with Crippen LogP contribution in [0.3, 0.4) is 0 Å². The highest BCUT2D eigenvalue weighted by atomic mass is 28.3. The summed E-state index contributed by atoms with van der Waals surface area (Å²) in [5.41, 5.74) is 3.66. The molecule has 1 heterocycles. The zero-order valence-corrected chi connectivity index (χ0v) is 17.4. The first-order valence-electron chi connectivity index (χ1n) is 9.95. The first kappa shape index (κ1) is 19.8. The van der Waals surface area contributed by atoms with Gasteiger partial charge in [0.2, 0.25) is 0 Å². The molecule has 1 aliphatic heterocycles. The van der Waals surface area contributed by atoms with E-state index in [4.69, 9.17) is 0 Å². The lowest BCUT2D eigenvalue weighted by Gasteiger charge is -2.26. The zero-order valence-electron chi connectivity index (χ0n) is 16.4. The van der Waals surface area contributed by atoms with Gasteiger partial charge in [0.25, 0.3) is 0 Å². The van der Waals surface area contributed by atoms with Gasteiger partial charge in [-0.3, -0.25) is 0 Å². The van der Waals surface area contributed by atoms with E-state index >= 15 is 0 Å². The first-order chi connectivity index (χ1) is 10.5. The van der Waals surface area contributed by atoms with Crippen LogP contribution in [0.4, 0.5) is 0 Å². The summed E-state index contributed by atoms with van der Waals surface area (Å²) in [6.45, 7) is 18.0. The van der Waals surface area contributed by atoms with Gasteiger partial charge in [-0.05, 0) is 19.3 Å². The molecular weight excluding hydrogens is 279 g/mol. The van der Waals surface area contributed by atoms with Gasteiger partial charge in [0, 0.05) is 0 Å². The summed E-state index contributed by atoms with van der Waals surface area (Å²) in [5.74, 6) is 0. The summed E-state index contributed by atoms with van der Waals surface area (Å²) in [5, 5.41) is 3.86. The Bertz CT molecular complexity index is 413. The molecule has 22 heavy (non-hydrogen) atoms. The van der Waals surface area contributed by atoms with E-state index in [1.807, 2.05) is 21.4 Å². The predicted molar refractivity (Wildman–Crippen MR) is 108 cm³/mol. The van der Waals surface area contributed by atoms with Crippen molar-refractivity contribution in [3.8, 4) is 0 Å². The summed E-state index contributed by atoms with van der Waals surface area (Å²) in [4.78, 5) is 0. The lowest BCUT2D eigenvalue weighted by atomic mass is 9.39.